The van der Waals surface area contributed by atoms with Gasteiger partial charge in [-0.2, -0.15) is 0 Å². The Balaban J connectivity index is 2.18. The van der Waals surface area contributed by atoms with Crippen molar-refractivity contribution in [2.24, 2.45) is 0 Å². The second-order valence-corrected chi connectivity index (χ2v) is 6.36. The topological polar surface area (TPSA) is 26.3 Å². The molecule has 0 aromatic heterocycles. The van der Waals surface area contributed by atoms with E-state index >= 15 is 0 Å². The van der Waals surface area contributed by atoms with Gasteiger partial charge in [0, 0.05) is 9.80 Å². The molecule has 2 rings (SSSR count). The molecule has 23 heavy (non-hydrogen) atoms. The summed E-state index contributed by atoms with van der Waals surface area (Å²) >= 11 is 6.61. The molecular formula is C18H15Br2FO2. The molecule has 1 unspecified atom stereocenters. The van der Waals surface area contributed by atoms with Gasteiger partial charge < -0.3 is 9.53 Å². The fourth-order valence-corrected chi connectivity index (χ4v) is 2.64. The van der Waals surface area contributed by atoms with Crippen molar-refractivity contribution in [3.63, 3.8) is 0 Å². The van der Waals surface area contributed by atoms with Crippen LogP contribution in [-0.4, -0.2) is 18.2 Å². The van der Waals surface area contributed by atoms with Gasteiger partial charge in [-0.05, 0) is 35.4 Å². The molecule has 120 valence electrons. The maximum atomic E-state index is 14.2. The van der Waals surface area contributed by atoms with E-state index in [0.29, 0.717) is 12.2 Å². The summed E-state index contributed by atoms with van der Waals surface area (Å²) in [6.45, 7) is 0.297. The number of aldehydes is 1. The van der Waals surface area contributed by atoms with Crippen LogP contribution in [0, 0.1) is 5.82 Å². The van der Waals surface area contributed by atoms with Crippen molar-refractivity contribution in [3.05, 3.63) is 76.0 Å². The van der Waals surface area contributed by atoms with Gasteiger partial charge in [0.25, 0.3) is 0 Å². The van der Waals surface area contributed by atoms with Crippen molar-refractivity contribution in [1.29, 1.82) is 0 Å². The smallest absolute Gasteiger partial charge is 0.165 e. The maximum absolute atomic E-state index is 14.2. The quantitative estimate of drug-likeness (QED) is 0.333. The van der Waals surface area contributed by atoms with Crippen LogP contribution in [0.1, 0.15) is 17.0 Å². The number of halogens is 3. The lowest BCUT2D eigenvalue weighted by molar-refractivity contribution is -0.108. The Labute approximate surface area is 151 Å². The van der Waals surface area contributed by atoms with E-state index in [0.717, 1.165) is 21.7 Å². The summed E-state index contributed by atoms with van der Waals surface area (Å²) in [5.74, 6) is -0.799. The van der Waals surface area contributed by atoms with Gasteiger partial charge in [-0.15, -0.1) is 0 Å². The van der Waals surface area contributed by atoms with Gasteiger partial charge in [0.2, 0.25) is 0 Å². The number of carbonyl (C=O) groups is 1. The van der Waals surface area contributed by atoms with Crippen molar-refractivity contribution in [3.8, 4) is 5.75 Å². The number of carbonyl (C=O) groups excluding carboxylic acids is 1. The predicted molar refractivity (Wildman–Crippen MR) is 96.9 cm³/mol. The standard InChI is InChI=1S/C18H15Br2FO2/c19-9-1-2-10-23-18-8-5-14(11-17(18)21)16(12-22)13-3-6-15(20)7-4-13/h1-8,11-12,16H,9-10H2/b2-1+. The van der Waals surface area contributed by atoms with Crippen molar-refractivity contribution < 1.29 is 13.9 Å². The highest BCUT2D eigenvalue weighted by Gasteiger charge is 2.15. The van der Waals surface area contributed by atoms with Gasteiger partial charge in [-0.25, -0.2) is 4.39 Å². The zero-order valence-corrected chi connectivity index (χ0v) is 15.4. The Kier molecular flexibility index (Phi) is 6.99. The number of rotatable bonds is 7. The van der Waals surface area contributed by atoms with Crippen LogP contribution in [0.2, 0.25) is 0 Å². The van der Waals surface area contributed by atoms with Crippen LogP contribution in [0.4, 0.5) is 4.39 Å². The third-order valence-corrected chi connectivity index (χ3v) is 4.17. The van der Waals surface area contributed by atoms with Gasteiger partial charge in [-0.3, -0.25) is 0 Å². The summed E-state index contributed by atoms with van der Waals surface area (Å²) in [7, 11) is 0. The Morgan fingerprint density at radius 1 is 1.09 bits per heavy atom. The summed E-state index contributed by atoms with van der Waals surface area (Å²) in [5, 5.41) is 0.728. The number of benzene rings is 2. The normalized spacial score (nSPS) is 12.3. The van der Waals surface area contributed by atoms with E-state index in [2.05, 4.69) is 31.9 Å². The molecular weight excluding hydrogens is 427 g/mol. The van der Waals surface area contributed by atoms with E-state index in [-0.39, 0.29) is 5.75 Å². The van der Waals surface area contributed by atoms with Gasteiger partial charge in [0.1, 0.15) is 12.9 Å². The third-order valence-electron chi connectivity index (χ3n) is 3.27. The Morgan fingerprint density at radius 3 is 2.39 bits per heavy atom. The van der Waals surface area contributed by atoms with Crippen LogP contribution in [0.3, 0.4) is 0 Å². The van der Waals surface area contributed by atoms with Crippen molar-refractivity contribution in [2.75, 3.05) is 11.9 Å². The van der Waals surface area contributed by atoms with Gasteiger partial charge >= 0.3 is 0 Å². The highest BCUT2D eigenvalue weighted by atomic mass is 79.9. The molecule has 0 aliphatic carbocycles. The fraction of sp³-hybridized carbons (Fsp3) is 0.167. The fourth-order valence-electron chi connectivity index (χ4n) is 2.12. The molecule has 0 heterocycles. The van der Waals surface area contributed by atoms with E-state index in [9.17, 15) is 9.18 Å². The van der Waals surface area contributed by atoms with Crippen molar-refractivity contribution in [2.45, 2.75) is 5.92 Å². The van der Waals surface area contributed by atoms with E-state index < -0.39 is 11.7 Å². The molecule has 0 saturated heterocycles. The van der Waals surface area contributed by atoms with Crippen LogP contribution in [0.25, 0.3) is 0 Å². The zero-order valence-electron chi connectivity index (χ0n) is 12.2. The van der Waals surface area contributed by atoms with Crippen LogP contribution < -0.4 is 4.74 Å². The van der Waals surface area contributed by atoms with Crippen LogP contribution in [0.15, 0.2) is 59.1 Å². The summed E-state index contributed by atoms with van der Waals surface area (Å²) in [6, 6.07) is 12.0. The molecule has 2 aromatic carbocycles. The molecule has 0 aliphatic heterocycles. The lowest BCUT2D eigenvalue weighted by Crippen LogP contribution is -2.04. The average molecular weight is 442 g/mol. The van der Waals surface area contributed by atoms with Crippen molar-refractivity contribution >= 4 is 38.1 Å². The average Bonchev–Trinajstić information content (AvgIpc) is 2.55. The molecule has 0 saturated carbocycles. The molecule has 0 aliphatic rings. The molecule has 1 atom stereocenters. The largest absolute Gasteiger partial charge is 0.486 e. The molecule has 0 bridgehead atoms. The summed E-state index contributed by atoms with van der Waals surface area (Å²) in [6.07, 6.45) is 4.50. The van der Waals surface area contributed by atoms with Crippen LogP contribution >= 0.6 is 31.9 Å². The Bertz CT molecular complexity index is 684. The second kappa shape index (κ2) is 8.99. The molecule has 0 radical (unpaired) electrons. The van der Waals surface area contributed by atoms with E-state index in [1.165, 1.54) is 6.07 Å². The SMILES string of the molecule is O=CC(c1ccc(Br)cc1)c1ccc(OC/C=C/CBr)c(F)c1. The summed E-state index contributed by atoms with van der Waals surface area (Å²) in [4.78, 5) is 11.5. The Hall–Kier alpha value is -1.46. The lowest BCUT2D eigenvalue weighted by Gasteiger charge is -2.13. The molecule has 0 spiro atoms. The van der Waals surface area contributed by atoms with E-state index in [4.69, 9.17) is 4.74 Å². The molecule has 0 N–H and O–H groups in total. The molecule has 2 nitrogen and oxygen atoms in total. The van der Waals surface area contributed by atoms with Crippen molar-refractivity contribution in [1.82, 2.24) is 0 Å². The number of ether oxygens (including phenoxy) is 1. The monoisotopic (exact) mass is 440 g/mol. The maximum Gasteiger partial charge on any atom is 0.165 e. The number of alkyl halides is 1. The number of hydrogen-bond acceptors (Lipinski definition) is 2. The Morgan fingerprint density at radius 2 is 1.78 bits per heavy atom. The van der Waals surface area contributed by atoms with Gasteiger partial charge in [0.15, 0.2) is 11.6 Å². The van der Waals surface area contributed by atoms with E-state index in [1.807, 2.05) is 30.3 Å². The predicted octanol–water partition coefficient (Wildman–Crippen LogP) is 5.25. The number of allylic oxidation sites excluding steroid dienone is 1. The first-order valence-electron chi connectivity index (χ1n) is 6.99. The minimum absolute atomic E-state index is 0.174. The lowest BCUT2D eigenvalue weighted by atomic mass is 9.92. The first-order valence-corrected chi connectivity index (χ1v) is 8.91. The minimum atomic E-state index is -0.500. The second-order valence-electron chi connectivity index (χ2n) is 4.79. The highest BCUT2D eigenvalue weighted by molar-refractivity contribution is 9.10. The molecule has 5 heteroatoms. The minimum Gasteiger partial charge on any atom is -0.486 e. The van der Waals surface area contributed by atoms with Gasteiger partial charge in [-0.1, -0.05) is 62.2 Å². The molecule has 0 fully saturated rings. The first kappa shape index (κ1) is 17.9. The number of hydrogen-bond donors (Lipinski definition) is 0. The summed E-state index contributed by atoms with van der Waals surface area (Å²) in [5.41, 5.74) is 1.42. The van der Waals surface area contributed by atoms with Gasteiger partial charge in [0.05, 0.1) is 5.92 Å². The van der Waals surface area contributed by atoms with Crippen LogP contribution in [-0.2, 0) is 4.79 Å². The zero-order chi connectivity index (χ0) is 16.7. The van der Waals surface area contributed by atoms with Crippen LogP contribution in [0.5, 0.6) is 5.75 Å². The molecule has 2 aromatic rings. The third kappa shape index (κ3) is 5.01. The molecule has 0 amide bonds. The highest BCUT2D eigenvalue weighted by Crippen LogP contribution is 2.28. The summed E-state index contributed by atoms with van der Waals surface area (Å²) < 4.78 is 20.4. The first-order chi connectivity index (χ1) is 11.2. The van der Waals surface area contributed by atoms with E-state index in [1.54, 1.807) is 18.2 Å².